The average molecular weight is 339 g/mol. The molecule has 2 amide bonds. The summed E-state index contributed by atoms with van der Waals surface area (Å²) in [5, 5.41) is 2.64. The molecule has 1 aromatic heterocycles. The van der Waals surface area contributed by atoms with Gasteiger partial charge in [-0.25, -0.2) is 4.79 Å². The summed E-state index contributed by atoms with van der Waals surface area (Å²) in [4.78, 5) is 40.9. The molecule has 1 saturated heterocycles. The standard InChI is InChI=1S/C18H17N3O4/c22-16(12-25-18(24)13-3-1-9-19-11-13)20-14-5-7-15(8-6-14)21-10-2-4-17(21)23/h1,3,5-9,11H,2,4,10,12H2,(H,20,22). The number of pyridine rings is 1. The second-order valence-electron chi connectivity index (χ2n) is 5.56. The summed E-state index contributed by atoms with van der Waals surface area (Å²) in [7, 11) is 0. The van der Waals surface area contributed by atoms with Gasteiger partial charge < -0.3 is 15.0 Å². The zero-order chi connectivity index (χ0) is 17.6. The molecule has 25 heavy (non-hydrogen) atoms. The maximum Gasteiger partial charge on any atom is 0.340 e. The van der Waals surface area contributed by atoms with Crippen molar-refractivity contribution in [3.63, 3.8) is 0 Å². The van der Waals surface area contributed by atoms with Crippen molar-refractivity contribution in [3.8, 4) is 0 Å². The first kappa shape index (κ1) is 16.6. The van der Waals surface area contributed by atoms with E-state index in [9.17, 15) is 14.4 Å². The molecule has 7 heteroatoms. The van der Waals surface area contributed by atoms with E-state index in [1.165, 1.54) is 6.20 Å². The number of anilines is 2. The van der Waals surface area contributed by atoms with Crippen LogP contribution in [0.15, 0.2) is 48.8 Å². The summed E-state index contributed by atoms with van der Waals surface area (Å²) < 4.78 is 4.94. The second kappa shape index (κ2) is 7.57. The predicted molar refractivity (Wildman–Crippen MR) is 91.2 cm³/mol. The third-order valence-electron chi connectivity index (χ3n) is 3.77. The predicted octanol–water partition coefficient (Wildman–Crippen LogP) is 2.00. The van der Waals surface area contributed by atoms with Crippen molar-refractivity contribution in [2.75, 3.05) is 23.4 Å². The summed E-state index contributed by atoms with van der Waals surface area (Å²) in [5.74, 6) is -0.938. The van der Waals surface area contributed by atoms with E-state index >= 15 is 0 Å². The third-order valence-corrected chi connectivity index (χ3v) is 3.77. The zero-order valence-corrected chi connectivity index (χ0v) is 13.5. The van der Waals surface area contributed by atoms with Gasteiger partial charge in [0.15, 0.2) is 6.61 Å². The van der Waals surface area contributed by atoms with Gasteiger partial charge in [0.25, 0.3) is 5.91 Å². The van der Waals surface area contributed by atoms with Crippen LogP contribution in [0.3, 0.4) is 0 Å². The van der Waals surface area contributed by atoms with Gasteiger partial charge in [-0.3, -0.25) is 14.6 Å². The number of benzene rings is 1. The van der Waals surface area contributed by atoms with Crippen molar-refractivity contribution in [2.45, 2.75) is 12.8 Å². The Kier molecular flexibility index (Phi) is 5.03. The molecule has 0 aliphatic carbocycles. The van der Waals surface area contributed by atoms with Gasteiger partial charge >= 0.3 is 5.97 Å². The van der Waals surface area contributed by atoms with Crippen LogP contribution in [0, 0.1) is 0 Å². The Hall–Kier alpha value is -3.22. The number of amides is 2. The lowest BCUT2D eigenvalue weighted by Gasteiger charge is -2.16. The van der Waals surface area contributed by atoms with Crippen molar-refractivity contribution in [1.29, 1.82) is 0 Å². The van der Waals surface area contributed by atoms with Crippen LogP contribution in [0.4, 0.5) is 11.4 Å². The van der Waals surface area contributed by atoms with Gasteiger partial charge in [-0.15, -0.1) is 0 Å². The zero-order valence-electron chi connectivity index (χ0n) is 13.5. The largest absolute Gasteiger partial charge is 0.452 e. The lowest BCUT2D eigenvalue weighted by Crippen LogP contribution is -2.23. The molecule has 3 rings (SSSR count). The summed E-state index contributed by atoms with van der Waals surface area (Å²) in [6.45, 7) is 0.328. The molecule has 2 aromatic rings. The van der Waals surface area contributed by atoms with E-state index in [-0.39, 0.29) is 18.1 Å². The summed E-state index contributed by atoms with van der Waals surface area (Å²) in [5.41, 5.74) is 1.66. The van der Waals surface area contributed by atoms with Crippen molar-refractivity contribution in [1.82, 2.24) is 4.98 Å². The fourth-order valence-corrected chi connectivity index (χ4v) is 2.54. The normalized spacial score (nSPS) is 13.6. The van der Waals surface area contributed by atoms with Gasteiger partial charge in [0.1, 0.15) is 0 Å². The van der Waals surface area contributed by atoms with Gasteiger partial charge in [-0.2, -0.15) is 0 Å². The molecule has 0 saturated carbocycles. The lowest BCUT2D eigenvalue weighted by atomic mass is 10.2. The number of rotatable bonds is 5. The van der Waals surface area contributed by atoms with E-state index in [1.807, 2.05) is 0 Å². The Bertz CT molecular complexity index is 775. The third kappa shape index (κ3) is 4.20. The Morgan fingerprint density at radius 1 is 1.20 bits per heavy atom. The monoisotopic (exact) mass is 339 g/mol. The molecule has 1 fully saturated rings. The number of carbonyl (C=O) groups is 3. The number of hydrogen-bond acceptors (Lipinski definition) is 5. The van der Waals surface area contributed by atoms with Crippen LogP contribution in [0.25, 0.3) is 0 Å². The van der Waals surface area contributed by atoms with Crippen LogP contribution >= 0.6 is 0 Å². The highest BCUT2D eigenvalue weighted by molar-refractivity contribution is 5.97. The fraction of sp³-hybridized carbons (Fsp3) is 0.222. The molecule has 0 atom stereocenters. The summed E-state index contributed by atoms with van der Waals surface area (Å²) >= 11 is 0. The first-order chi connectivity index (χ1) is 12.1. The summed E-state index contributed by atoms with van der Waals surface area (Å²) in [6, 6.07) is 10.2. The van der Waals surface area contributed by atoms with Crippen LogP contribution in [0.2, 0.25) is 0 Å². The first-order valence-corrected chi connectivity index (χ1v) is 7.91. The molecule has 128 valence electrons. The highest BCUT2D eigenvalue weighted by Gasteiger charge is 2.21. The van der Waals surface area contributed by atoms with Gasteiger partial charge in [0, 0.05) is 36.7 Å². The number of esters is 1. The SMILES string of the molecule is O=C(COC(=O)c1cccnc1)Nc1ccc(N2CCCC2=O)cc1. The van der Waals surface area contributed by atoms with Gasteiger partial charge in [-0.05, 0) is 42.8 Å². The van der Waals surface area contributed by atoms with Crippen LogP contribution in [-0.4, -0.2) is 35.9 Å². The van der Waals surface area contributed by atoms with Crippen molar-refractivity contribution >= 4 is 29.2 Å². The smallest absolute Gasteiger partial charge is 0.340 e. The topological polar surface area (TPSA) is 88.6 Å². The molecule has 0 bridgehead atoms. The molecular formula is C18H17N3O4. The Labute approximate surface area is 144 Å². The molecule has 7 nitrogen and oxygen atoms in total. The van der Waals surface area contributed by atoms with Crippen LogP contribution in [-0.2, 0) is 14.3 Å². The minimum Gasteiger partial charge on any atom is -0.452 e. The number of nitrogens with zero attached hydrogens (tertiary/aromatic N) is 2. The minimum atomic E-state index is -0.605. The minimum absolute atomic E-state index is 0.110. The number of hydrogen-bond donors (Lipinski definition) is 1. The summed E-state index contributed by atoms with van der Waals surface area (Å²) in [6.07, 6.45) is 4.35. The number of aromatic nitrogens is 1. The molecule has 0 spiro atoms. The Balaban J connectivity index is 1.51. The highest BCUT2D eigenvalue weighted by atomic mass is 16.5. The van der Waals surface area contributed by atoms with E-state index in [0.29, 0.717) is 12.1 Å². The number of ether oxygens (including phenoxy) is 1. The maximum atomic E-state index is 11.9. The molecule has 0 radical (unpaired) electrons. The van der Waals surface area contributed by atoms with Gasteiger partial charge in [0.2, 0.25) is 5.91 Å². The van der Waals surface area contributed by atoms with Crippen LogP contribution in [0.1, 0.15) is 23.2 Å². The fourth-order valence-electron chi connectivity index (χ4n) is 2.54. The molecule has 2 heterocycles. The van der Waals surface area contributed by atoms with Gasteiger partial charge in [-0.1, -0.05) is 0 Å². The number of nitrogens with one attached hydrogen (secondary N) is 1. The van der Waals surface area contributed by atoms with Crippen molar-refractivity contribution in [2.24, 2.45) is 0 Å². The molecular weight excluding hydrogens is 322 g/mol. The number of carbonyl (C=O) groups excluding carboxylic acids is 3. The molecule has 1 aliphatic heterocycles. The molecule has 1 aromatic carbocycles. The van der Waals surface area contributed by atoms with Crippen molar-refractivity contribution in [3.05, 3.63) is 54.4 Å². The molecule has 0 unspecified atom stereocenters. The first-order valence-electron chi connectivity index (χ1n) is 7.91. The van der Waals surface area contributed by atoms with Crippen LogP contribution in [0.5, 0.6) is 0 Å². The maximum absolute atomic E-state index is 11.9. The lowest BCUT2D eigenvalue weighted by molar-refractivity contribution is -0.119. The van der Waals surface area contributed by atoms with Crippen molar-refractivity contribution < 1.29 is 19.1 Å². The van der Waals surface area contributed by atoms with E-state index in [0.717, 1.165) is 18.7 Å². The molecule has 1 N–H and O–H groups in total. The van der Waals surface area contributed by atoms with Crippen LogP contribution < -0.4 is 10.2 Å². The molecule has 1 aliphatic rings. The van der Waals surface area contributed by atoms with E-state index in [1.54, 1.807) is 47.5 Å². The highest BCUT2D eigenvalue weighted by Crippen LogP contribution is 2.22. The van der Waals surface area contributed by atoms with Gasteiger partial charge in [0.05, 0.1) is 5.56 Å². The average Bonchev–Trinajstić information content (AvgIpc) is 3.07. The second-order valence-corrected chi connectivity index (χ2v) is 5.56. The Morgan fingerprint density at radius 3 is 2.64 bits per heavy atom. The Morgan fingerprint density at radius 2 is 2.00 bits per heavy atom. The van der Waals surface area contributed by atoms with E-state index in [2.05, 4.69) is 10.3 Å². The van der Waals surface area contributed by atoms with E-state index in [4.69, 9.17) is 4.74 Å². The quantitative estimate of drug-likeness (QED) is 0.842. The van der Waals surface area contributed by atoms with E-state index < -0.39 is 11.9 Å².